The highest BCUT2D eigenvalue weighted by Crippen LogP contribution is 2.21. The minimum atomic E-state index is -0.494. The molecule has 0 radical (unpaired) electrons. The maximum Gasteiger partial charge on any atom is 0.354 e. The van der Waals surface area contributed by atoms with Gasteiger partial charge in [0.05, 0.1) is 12.8 Å². The highest BCUT2D eigenvalue weighted by molar-refractivity contribution is 6.15. The molecule has 3 aromatic rings. The number of H-pyrrole nitrogens is 1. The van der Waals surface area contributed by atoms with Gasteiger partial charge in [0.1, 0.15) is 5.69 Å². The summed E-state index contributed by atoms with van der Waals surface area (Å²) in [6.45, 7) is 0. The topological polar surface area (TPSA) is 59.2 Å². The molecule has 0 saturated heterocycles. The first-order valence-electron chi connectivity index (χ1n) is 6.50. The summed E-state index contributed by atoms with van der Waals surface area (Å²) >= 11 is 0. The summed E-state index contributed by atoms with van der Waals surface area (Å²) in [6, 6.07) is 16.4. The minimum Gasteiger partial charge on any atom is -0.464 e. The number of ketones is 1. The van der Waals surface area contributed by atoms with Crippen LogP contribution in [0.2, 0.25) is 0 Å². The summed E-state index contributed by atoms with van der Waals surface area (Å²) in [4.78, 5) is 26.8. The molecule has 3 rings (SSSR count). The number of hydrogen-bond acceptors (Lipinski definition) is 3. The molecule has 0 aliphatic rings. The summed E-state index contributed by atoms with van der Waals surface area (Å²) in [5.41, 5.74) is 1.24. The maximum atomic E-state index is 12.6. The van der Waals surface area contributed by atoms with Crippen molar-refractivity contribution in [3.63, 3.8) is 0 Å². The van der Waals surface area contributed by atoms with E-state index in [2.05, 4.69) is 9.72 Å². The molecule has 1 heterocycles. The third kappa shape index (κ3) is 2.31. The fraction of sp³-hybridized carbons (Fsp3) is 0.0588. The predicted octanol–water partition coefficient (Wildman–Crippen LogP) is 3.19. The molecule has 1 aromatic heterocycles. The van der Waals surface area contributed by atoms with E-state index in [-0.39, 0.29) is 11.5 Å². The number of nitrogens with one attached hydrogen (secondary N) is 1. The van der Waals surface area contributed by atoms with Gasteiger partial charge in [-0.25, -0.2) is 4.79 Å². The first-order chi connectivity index (χ1) is 10.2. The SMILES string of the molecule is COC(=O)c1ccc(C(=O)c2cccc3ccccc23)[nH]1. The van der Waals surface area contributed by atoms with E-state index in [1.54, 1.807) is 18.2 Å². The van der Waals surface area contributed by atoms with Gasteiger partial charge in [-0.2, -0.15) is 0 Å². The smallest absolute Gasteiger partial charge is 0.354 e. The van der Waals surface area contributed by atoms with Crippen molar-refractivity contribution in [1.29, 1.82) is 0 Å². The van der Waals surface area contributed by atoms with E-state index in [0.29, 0.717) is 11.3 Å². The van der Waals surface area contributed by atoms with E-state index in [1.165, 1.54) is 7.11 Å². The molecule has 104 valence electrons. The Kier molecular flexibility index (Phi) is 3.28. The Hall–Kier alpha value is -2.88. The third-order valence-corrected chi connectivity index (χ3v) is 3.37. The van der Waals surface area contributed by atoms with E-state index < -0.39 is 5.97 Å². The first kappa shape index (κ1) is 13.1. The van der Waals surface area contributed by atoms with Gasteiger partial charge in [-0.3, -0.25) is 4.79 Å². The van der Waals surface area contributed by atoms with Gasteiger partial charge in [-0.05, 0) is 22.9 Å². The van der Waals surface area contributed by atoms with Crippen molar-refractivity contribution in [3.05, 3.63) is 71.5 Å². The van der Waals surface area contributed by atoms with Crippen LogP contribution in [0.1, 0.15) is 26.5 Å². The summed E-state index contributed by atoms with van der Waals surface area (Å²) in [5, 5.41) is 1.89. The largest absolute Gasteiger partial charge is 0.464 e. The summed E-state index contributed by atoms with van der Waals surface area (Å²) in [6.07, 6.45) is 0. The maximum absolute atomic E-state index is 12.6. The standard InChI is InChI=1S/C17H13NO3/c1-21-17(20)15-10-9-14(18-15)16(19)13-8-4-6-11-5-2-3-7-12(11)13/h2-10,18H,1H3. The van der Waals surface area contributed by atoms with Crippen LogP contribution >= 0.6 is 0 Å². The molecular formula is C17H13NO3. The van der Waals surface area contributed by atoms with Gasteiger partial charge in [0.2, 0.25) is 5.78 Å². The van der Waals surface area contributed by atoms with E-state index in [4.69, 9.17) is 0 Å². The lowest BCUT2D eigenvalue weighted by Gasteiger charge is -2.04. The summed E-state index contributed by atoms with van der Waals surface area (Å²) in [7, 11) is 1.30. The molecule has 4 nitrogen and oxygen atoms in total. The third-order valence-electron chi connectivity index (χ3n) is 3.37. The zero-order valence-electron chi connectivity index (χ0n) is 11.4. The highest BCUT2D eigenvalue weighted by Gasteiger charge is 2.16. The molecule has 0 saturated carbocycles. The van der Waals surface area contributed by atoms with E-state index in [1.807, 2.05) is 36.4 Å². The van der Waals surface area contributed by atoms with E-state index >= 15 is 0 Å². The second kappa shape index (κ2) is 5.25. The molecular weight excluding hydrogens is 266 g/mol. The molecule has 0 amide bonds. The number of rotatable bonds is 3. The van der Waals surface area contributed by atoms with Gasteiger partial charge < -0.3 is 9.72 Å². The van der Waals surface area contributed by atoms with Gasteiger partial charge in [0.15, 0.2) is 0 Å². The molecule has 0 atom stereocenters. The molecule has 0 fully saturated rings. The molecule has 21 heavy (non-hydrogen) atoms. The predicted molar refractivity (Wildman–Crippen MR) is 79.5 cm³/mol. The lowest BCUT2D eigenvalue weighted by Crippen LogP contribution is -2.05. The van der Waals surface area contributed by atoms with Crippen LogP contribution in [0, 0.1) is 0 Å². The van der Waals surface area contributed by atoms with Crippen LogP contribution < -0.4 is 0 Å². The molecule has 0 aliphatic heterocycles. The fourth-order valence-corrected chi connectivity index (χ4v) is 2.33. The molecule has 0 unspecified atom stereocenters. The minimum absolute atomic E-state index is 0.151. The average Bonchev–Trinajstić information content (AvgIpc) is 3.03. The molecule has 0 bridgehead atoms. The number of benzene rings is 2. The van der Waals surface area contributed by atoms with E-state index in [0.717, 1.165) is 10.8 Å². The van der Waals surface area contributed by atoms with Crippen LogP contribution in [0.25, 0.3) is 10.8 Å². The van der Waals surface area contributed by atoms with E-state index in [9.17, 15) is 9.59 Å². The van der Waals surface area contributed by atoms with Crippen LogP contribution in [-0.2, 0) is 4.74 Å². The number of ether oxygens (including phenoxy) is 1. The lowest BCUT2D eigenvalue weighted by molar-refractivity contribution is 0.0595. The van der Waals surface area contributed by atoms with Crippen molar-refractivity contribution in [2.75, 3.05) is 7.11 Å². The van der Waals surface area contributed by atoms with Gasteiger partial charge in [0, 0.05) is 5.56 Å². The van der Waals surface area contributed by atoms with Crippen LogP contribution in [0.15, 0.2) is 54.6 Å². The monoisotopic (exact) mass is 279 g/mol. The number of aromatic nitrogens is 1. The molecule has 2 aromatic carbocycles. The summed E-state index contributed by atoms with van der Waals surface area (Å²) in [5.74, 6) is -0.645. The fourth-order valence-electron chi connectivity index (χ4n) is 2.33. The Morgan fingerprint density at radius 2 is 1.62 bits per heavy atom. The van der Waals surface area contributed by atoms with Crippen LogP contribution in [0.5, 0.6) is 0 Å². The lowest BCUT2D eigenvalue weighted by atomic mass is 10.00. The van der Waals surface area contributed by atoms with Crippen molar-refractivity contribution in [2.45, 2.75) is 0 Å². The Morgan fingerprint density at radius 3 is 2.43 bits per heavy atom. The zero-order chi connectivity index (χ0) is 14.8. The van der Waals surface area contributed by atoms with Crippen LogP contribution in [0.3, 0.4) is 0 Å². The number of fused-ring (bicyclic) bond motifs is 1. The van der Waals surface area contributed by atoms with Crippen molar-refractivity contribution < 1.29 is 14.3 Å². The molecule has 1 N–H and O–H groups in total. The quantitative estimate of drug-likeness (QED) is 0.591. The molecule has 4 heteroatoms. The van der Waals surface area contributed by atoms with Gasteiger partial charge >= 0.3 is 5.97 Å². The van der Waals surface area contributed by atoms with Crippen LogP contribution in [-0.4, -0.2) is 23.8 Å². The number of methoxy groups -OCH3 is 1. The normalized spacial score (nSPS) is 10.5. The van der Waals surface area contributed by atoms with Crippen molar-refractivity contribution >= 4 is 22.5 Å². The number of aromatic amines is 1. The summed E-state index contributed by atoms with van der Waals surface area (Å²) < 4.78 is 4.62. The second-order valence-corrected chi connectivity index (χ2v) is 4.63. The number of carbonyl (C=O) groups is 2. The average molecular weight is 279 g/mol. The Balaban J connectivity index is 2.05. The first-order valence-corrected chi connectivity index (χ1v) is 6.50. The number of hydrogen-bond donors (Lipinski definition) is 1. The van der Waals surface area contributed by atoms with Gasteiger partial charge in [-0.15, -0.1) is 0 Å². The second-order valence-electron chi connectivity index (χ2n) is 4.63. The Bertz CT molecular complexity index is 827. The Labute approximate surface area is 121 Å². The van der Waals surface area contributed by atoms with Crippen molar-refractivity contribution in [2.24, 2.45) is 0 Å². The van der Waals surface area contributed by atoms with Crippen molar-refractivity contribution in [3.8, 4) is 0 Å². The Morgan fingerprint density at radius 1 is 0.905 bits per heavy atom. The van der Waals surface area contributed by atoms with Gasteiger partial charge in [-0.1, -0.05) is 42.5 Å². The number of carbonyl (C=O) groups excluding carboxylic acids is 2. The molecule has 0 aliphatic carbocycles. The van der Waals surface area contributed by atoms with Crippen molar-refractivity contribution in [1.82, 2.24) is 4.98 Å². The zero-order valence-corrected chi connectivity index (χ0v) is 11.4. The highest BCUT2D eigenvalue weighted by atomic mass is 16.5. The van der Waals surface area contributed by atoms with Crippen LogP contribution in [0.4, 0.5) is 0 Å². The number of esters is 1. The van der Waals surface area contributed by atoms with Gasteiger partial charge in [0.25, 0.3) is 0 Å². The molecule has 0 spiro atoms.